The van der Waals surface area contributed by atoms with Gasteiger partial charge in [0.15, 0.2) is 11.6 Å². The van der Waals surface area contributed by atoms with E-state index in [1.54, 1.807) is 13.8 Å². The second-order valence-corrected chi connectivity index (χ2v) is 4.14. The van der Waals surface area contributed by atoms with Gasteiger partial charge in [0.1, 0.15) is 5.38 Å². The van der Waals surface area contributed by atoms with Crippen molar-refractivity contribution in [3.05, 3.63) is 35.4 Å². The van der Waals surface area contributed by atoms with Crippen LogP contribution in [0.5, 0.6) is 0 Å². The Morgan fingerprint density at radius 1 is 1.31 bits per heavy atom. The smallest absolute Gasteiger partial charge is 0.242 e. The molecular weight excluding hydrogens is 236 g/mol. The molecule has 1 atom stereocenters. The average Bonchev–Trinajstić information content (AvgIpc) is 2.20. The Hall–Kier alpha value is -1.16. The first-order valence-corrected chi connectivity index (χ1v) is 5.25. The van der Waals surface area contributed by atoms with Crippen LogP contribution in [0.2, 0.25) is 0 Å². The van der Waals surface area contributed by atoms with Crippen LogP contribution < -0.4 is 5.32 Å². The summed E-state index contributed by atoms with van der Waals surface area (Å²) in [5.74, 6) is -2.40. The second kappa shape index (κ2) is 5.25. The molecule has 0 aliphatic rings. The van der Waals surface area contributed by atoms with Crippen molar-refractivity contribution in [3.63, 3.8) is 0 Å². The summed E-state index contributed by atoms with van der Waals surface area (Å²) in [6, 6.07) is 3.10. The molecule has 2 nitrogen and oxygen atoms in total. The summed E-state index contributed by atoms with van der Waals surface area (Å²) in [6.45, 7) is 3.57. The van der Waals surface area contributed by atoms with E-state index in [0.717, 1.165) is 12.1 Å². The lowest BCUT2D eigenvalue weighted by Gasteiger charge is -2.13. The number of hydrogen-bond acceptors (Lipinski definition) is 1. The number of halogens is 3. The molecule has 0 fully saturated rings. The highest BCUT2D eigenvalue weighted by Gasteiger charge is 2.19. The monoisotopic (exact) mass is 247 g/mol. The number of carbonyl (C=O) groups is 1. The fourth-order valence-corrected chi connectivity index (χ4v) is 1.38. The van der Waals surface area contributed by atoms with E-state index in [1.807, 2.05) is 0 Å². The van der Waals surface area contributed by atoms with Crippen LogP contribution in [0.15, 0.2) is 18.2 Å². The molecule has 0 aromatic heterocycles. The van der Waals surface area contributed by atoms with Crippen molar-refractivity contribution in [2.75, 3.05) is 0 Å². The minimum absolute atomic E-state index is 0.0564. The second-order valence-electron chi connectivity index (χ2n) is 3.70. The van der Waals surface area contributed by atoms with E-state index in [9.17, 15) is 13.6 Å². The molecule has 16 heavy (non-hydrogen) atoms. The van der Waals surface area contributed by atoms with Crippen LogP contribution in [0.4, 0.5) is 8.78 Å². The van der Waals surface area contributed by atoms with Gasteiger partial charge < -0.3 is 5.32 Å². The first-order chi connectivity index (χ1) is 7.41. The molecule has 0 bridgehead atoms. The third-order valence-electron chi connectivity index (χ3n) is 1.90. The molecule has 0 spiro atoms. The minimum atomic E-state index is -1.02. The molecule has 0 heterocycles. The number of rotatable bonds is 3. The van der Waals surface area contributed by atoms with Gasteiger partial charge in [-0.3, -0.25) is 4.79 Å². The molecule has 1 amide bonds. The Kier molecular flexibility index (Phi) is 4.24. The number of carbonyl (C=O) groups excluding carboxylic acids is 1. The Morgan fingerprint density at radius 2 is 1.94 bits per heavy atom. The molecule has 88 valence electrons. The lowest BCUT2D eigenvalue weighted by atomic mass is 10.1. The maximum absolute atomic E-state index is 12.9. The zero-order valence-corrected chi connectivity index (χ0v) is 9.68. The molecular formula is C11H12ClF2NO. The van der Waals surface area contributed by atoms with E-state index < -0.39 is 22.9 Å². The third kappa shape index (κ3) is 3.17. The van der Waals surface area contributed by atoms with E-state index in [-0.39, 0.29) is 11.6 Å². The van der Waals surface area contributed by atoms with Gasteiger partial charge in [0.05, 0.1) is 0 Å². The molecule has 1 unspecified atom stereocenters. The van der Waals surface area contributed by atoms with Crippen LogP contribution in [0, 0.1) is 11.6 Å². The number of hydrogen-bond donors (Lipinski definition) is 1. The third-order valence-corrected chi connectivity index (χ3v) is 2.35. The van der Waals surface area contributed by atoms with Crippen molar-refractivity contribution in [3.8, 4) is 0 Å². The summed E-state index contributed by atoms with van der Waals surface area (Å²) in [4.78, 5) is 11.5. The SMILES string of the molecule is CC(C)NC(=O)C(Cl)c1ccc(F)c(F)c1. The molecule has 0 aliphatic heterocycles. The summed E-state index contributed by atoms with van der Waals surface area (Å²) in [5.41, 5.74) is 0.235. The maximum Gasteiger partial charge on any atom is 0.242 e. The van der Waals surface area contributed by atoms with Crippen LogP contribution in [0.25, 0.3) is 0 Å². The predicted molar refractivity (Wildman–Crippen MR) is 58.2 cm³/mol. The summed E-state index contributed by atoms with van der Waals surface area (Å²) in [6.07, 6.45) is 0. The van der Waals surface area contributed by atoms with Crippen molar-refractivity contribution < 1.29 is 13.6 Å². The summed E-state index contributed by atoms with van der Waals surface area (Å²) in [7, 11) is 0. The van der Waals surface area contributed by atoms with Crippen LogP contribution in [-0.4, -0.2) is 11.9 Å². The van der Waals surface area contributed by atoms with Crippen molar-refractivity contribution in [1.82, 2.24) is 5.32 Å². The van der Waals surface area contributed by atoms with Crippen molar-refractivity contribution in [2.24, 2.45) is 0 Å². The predicted octanol–water partition coefficient (Wildman–Crippen LogP) is 2.77. The van der Waals surface area contributed by atoms with Gasteiger partial charge in [0.2, 0.25) is 5.91 Å². The largest absolute Gasteiger partial charge is 0.352 e. The van der Waals surface area contributed by atoms with Gasteiger partial charge in [-0.1, -0.05) is 6.07 Å². The normalized spacial score (nSPS) is 12.6. The Balaban J connectivity index is 2.83. The van der Waals surface area contributed by atoms with E-state index in [4.69, 9.17) is 11.6 Å². The summed E-state index contributed by atoms with van der Waals surface area (Å²) >= 11 is 5.82. The minimum Gasteiger partial charge on any atom is -0.352 e. The molecule has 1 aromatic carbocycles. The molecule has 0 aliphatic carbocycles. The molecule has 1 aromatic rings. The lowest BCUT2D eigenvalue weighted by Crippen LogP contribution is -2.32. The Labute approximate surface area is 97.6 Å². The van der Waals surface area contributed by atoms with Gasteiger partial charge >= 0.3 is 0 Å². The number of benzene rings is 1. The van der Waals surface area contributed by atoms with Crippen LogP contribution in [-0.2, 0) is 4.79 Å². The number of nitrogens with one attached hydrogen (secondary N) is 1. The zero-order valence-electron chi connectivity index (χ0n) is 8.93. The number of alkyl halides is 1. The van der Waals surface area contributed by atoms with Crippen LogP contribution >= 0.6 is 11.6 Å². The van der Waals surface area contributed by atoms with Crippen molar-refractivity contribution >= 4 is 17.5 Å². The first kappa shape index (κ1) is 12.9. The van der Waals surface area contributed by atoms with Crippen LogP contribution in [0.1, 0.15) is 24.8 Å². The average molecular weight is 248 g/mol. The molecule has 1 rings (SSSR count). The van der Waals surface area contributed by atoms with Gasteiger partial charge in [-0.05, 0) is 31.5 Å². The summed E-state index contributed by atoms with van der Waals surface area (Å²) < 4.78 is 25.6. The molecule has 5 heteroatoms. The first-order valence-electron chi connectivity index (χ1n) is 4.81. The number of amides is 1. The van der Waals surface area contributed by atoms with Crippen molar-refractivity contribution in [2.45, 2.75) is 25.3 Å². The highest BCUT2D eigenvalue weighted by Crippen LogP contribution is 2.22. The van der Waals surface area contributed by atoms with Crippen LogP contribution in [0.3, 0.4) is 0 Å². The molecule has 0 saturated heterocycles. The highest BCUT2D eigenvalue weighted by molar-refractivity contribution is 6.30. The molecule has 1 N–H and O–H groups in total. The van der Waals surface area contributed by atoms with Crippen molar-refractivity contribution in [1.29, 1.82) is 0 Å². The van der Waals surface area contributed by atoms with E-state index in [1.165, 1.54) is 6.07 Å². The fraction of sp³-hybridized carbons (Fsp3) is 0.364. The van der Waals surface area contributed by atoms with E-state index >= 15 is 0 Å². The zero-order chi connectivity index (χ0) is 12.3. The van der Waals surface area contributed by atoms with Gasteiger partial charge in [0.25, 0.3) is 0 Å². The fourth-order valence-electron chi connectivity index (χ4n) is 1.18. The Bertz CT molecular complexity index is 396. The maximum atomic E-state index is 12.9. The molecule has 0 saturated carbocycles. The van der Waals surface area contributed by atoms with Gasteiger partial charge in [0, 0.05) is 6.04 Å². The quantitative estimate of drug-likeness (QED) is 0.818. The molecule has 0 radical (unpaired) electrons. The van der Waals surface area contributed by atoms with E-state index in [0.29, 0.717) is 0 Å². The van der Waals surface area contributed by atoms with E-state index in [2.05, 4.69) is 5.32 Å². The topological polar surface area (TPSA) is 29.1 Å². The lowest BCUT2D eigenvalue weighted by molar-refractivity contribution is -0.121. The van der Waals surface area contributed by atoms with Gasteiger partial charge in [-0.2, -0.15) is 0 Å². The van der Waals surface area contributed by atoms with Gasteiger partial charge in [-0.25, -0.2) is 8.78 Å². The highest BCUT2D eigenvalue weighted by atomic mass is 35.5. The summed E-state index contributed by atoms with van der Waals surface area (Å²) in [5, 5.41) is 1.57. The standard InChI is InChI=1S/C11H12ClF2NO/c1-6(2)15-11(16)10(12)7-3-4-8(13)9(14)5-7/h3-6,10H,1-2H3,(H,15,16). The van der Waals surface area contributed by atoms with Gasteiger partial charge in [-0.15, -0.1) is 11.6 Å². The Morgan fingerprint density at radius 3 is 2.44 bits per heavy atom.